The lowest BCUT2D eigenvalue weighted by Gasteiger charge is -2.47. The van der Waals surface area contributed by atoms with Crippen LogP contribution < -0.4 is 0 Å². The Hall–Kier alpha value is -4.22. The third kappa shape index (κ3) is 4.09. The number of hydrogen-bond acceptors (Lipinski definition) is 5. The normalized spacial score (nSPS) is 17.4. The Morgan fingerprint density at radius 3 is 1.79 bits per heavy atom. The number of benzene rings is 4. The summed E-state index contributed by atoms with van der Waals surface area (Å²) in [6.07, 6.45) is 0. The largest absolute Gasteiger partial charge is 0.469 e. The Balaban J connectivity index is 1.97. The van der Waals surface area contributed by atoms with Gasteiger partial charge in [0.25, 0.3) is 0 Å². The summed E-state index contributed by atoms with van der Waals surface area (Å²) in [5.74, 6) is -5.46. The van der Waals surface area contributed by atoms with E-state index in [0.29, 0.717) is 0 Å². The number of carbonyl (C=O) groups is 2. The molecule has 0 spiro atoms. The molecule has 1 aliphatic carbocycles. The van der Waals surface area contributed by atoms with Crippen molar-refractivity contribution >= 4 is 11.9 Å². The van der Waals surface area contributed by atoms with Gasteiger partial charge in [-0.3, -0.25) is 14.5 Å². The van der Waals surface area contributed by atoms with Gasteiger partial charge < -0.3 is 9.47 Å². The first kappa shape index (κ1) is 20.8. The number of fused-ring (bicyclic) bond motifs is 3. The van der Waals surface area contributed by atoms with Crippen LogP contribution in [0.1, 0.15) is 34.6 Å². The zero-order chi connectivity index (χ0) is 30.1. The molecule has 5 heteroatoms. The summed E-state index contributed by atoms with van der Waals surface area (Å²) in [5, 5.41) is 0. The van der Waals surface area contributed by atoms with Crippen LogP contribution >= 0.6 is 0 Å². The maximum absolute atomic E-state index is 14.0. The monoisotopic (exact) mass is 509 g/mol. The van der Waals surface area contributed by atoms with Gasteiger partial charge in [-0.25, -0.2) is 0 Å². The van der Waals surface area contributed by atoms with E-state index in [4.69, 9.17) is 13.6 Å². The molecule has 192 valence electrons. The van der Waals surface area contributed by atoms with E-state index in [1.165, 1.54) is 0 Å². The van der Waals surface area contributed by atoms with Crippen LogP contribution in [-0.4, -0.2) is 37.1 Å². The maximum atomic E-state index is 14.0. The van der Waals surface area contributed by atoms with E-state index in [-0.39, 0.29) is 6.54 Å². The Morgan fingerprint density at radius 1 is 0.763 bits per heavy atom. The second kappa shape index (κ2) is 10.6. The zero-order valence-electron chi connectivity index (χ0n) is 25.3. The van der Waals surface area contributed by atoms with E-state index >= 15 is 0 Å². The summed E-state index contributed by atoms with van der Waals surface area (Å²) in [6, 6.07) is 32.2. The Bertz CT molecular complexity index is 1550. The predicted octanol–water partition coefficient (Wildman–Crippen LogP) is 5.81. The van der Waals surface area contributed by atoms with Crippen molar-refractivity contribution in [3.8, 4) is 11.1 Å². The number of nitrogens with zero attached hydrogens (tertiary/aromatic N) is 1. The Kier molecular flexibility index (Phi) is 5.82. The van der Waals surface area contributed by atoms with Crippen molar-refractivity contribution < 1.29 is 24.5 Å². The number of carbonyl (C=O) groups excluding carboxylic acids is 2. The van der Waals surface area contributed by atoms with E-state index in [0.717, 1.165) is 47.6 Å². The molecule has 0 heterocycles. The topological polar surface area (TPSA) is 55.8 Å². The van der Waals surface area contributed by atoms with Gasteiger partial charge in [-0.05, 0) is 40.2 Å². The van der Waals surface area contributed by atoms with E-state index < -0.39 is 36.3 Å². The first-order valence-corrected chi connectivity index (χ1v) is 12.3. The molecule has 0 fully saturated rings. The van der Waals surface area contributed by atoms with Crippen molar-refractivity contribution in [1.82, 2.24) is 4.90 Å². The Labute approximate surface area is 229 Å². The average molecular weight is 510 g/mol. The summed E-state index contributed by atoms with van der Waals surface area (Å²) in [7, 11) is 2.14. The molecule has 38 heavy (non-hydrogen) atoms. The highest BCUT2D eigenvalue weighted by Gasteiger charge is 2.54. The fourth-order valence-electron chi connectivity index (χ4n) is 5.60. The van der Waals surface area contributed by atoms with E-state index in [1.54, 1.807) is 4.90 Å². The van der Waals surface area contributed by atoms with Gasteiger partial charge in [-0.15, -0.1) is 0 Å². The highest BCUT2D eigenvalue weighted by atomic mass is 16.5. The minimum absolute atomic E-state index is 0.00806. The fourth-order valence-corrected chi connectivity index (χ4v) is 5.60. The molecule has 4 aromatic rings. The van der Waals surface area contributed by atoms with E-state index in [9.17, 15) is 11.0 Å². The van der Waals surface area contributed by atoms with Crippen LogP contribution in [0.3, 0.4) is 0 Å². The predicted molar refractivity (Wildman–Crippen MR) is 147 cm³/mol. The van der Waals surface area contributed by atoms with Crippen molar-refractivity contribution in [1.29, 1.82) is 0 Å². The fraction of sp³-hybridized carbons (Fsp3) is 0.212. The van der Waals surface area contributed by atoms with Gasteiger partial charge in [-0.1, -0.05) is 109 Å². The van der Waals surface area contributed by atoms with Crippen molar-refractivity contribution in [2.24, 2.45) is 5.89 Å². The van der Waals surface area contributed by atoms with Crippen LogP contribution in [0.4, 0.5) is 0 Å². The van der Waals surface area contributed by atoms with Crippen LogP contribution in [0, 0.1) is 5.89 Å². The van der Waals surface area contributed by atoms with Gasteiger partial charge in [0.1, 0.15) is 6.04 Å². The minimum atomic E-state index is -3.27. The smallest absolute Gasteiger partial charge is 0.324 e. The van der Waals surface area contributed by atoms with Crippen molar-refractivity contribution in [3.05, 3.63) is 131 Å². The maximum Gasteiger partial charge on any atom is 0.324 e. The molecule has 0 saturated heterocycles. The number of esters is 2. The average Bonchev–Trinajstić information content (AvgIpc) is 3.31. The summed E-state index contributed by atoms with van der Waals surface area (Å²) in [4.78, 5) is 29.1. The van der Waals surface area contributed by atoms with Crippen molar-refractivity contribution in [3.63, 3.8) is 0 Å². The molecule has 0 amide bonds. The van der Waals surface area contributed by atoms with Crippen LogP contribution in [0.25, 0.3) is 11.1 Å². The van der Waals surface area contributed by atoms with Gasteiger partial charge in [0.15, 0.2) is 0 Å². The first-order valence-electron chi connectivity index (χ1n) is 14.3. The molecule has 0 N–H and O–H groups in total. The molecule has 4 aromatic carbocycles. The lowest BCUT2D eigenvalue weighted by Crippen LogP contribution is -2.58. The quantitative estimate of drug-likeness (QED) is 0.281. The number of methoxy groups -OCH3 is 2. The second-order valence-corrected chi connectivity index (χ2v) is 9.11. The summed E-state index contributed by atoms with van der Waals surface area (Å²) in [6.45, 7) is -3.28. The third-order valence-corrected chi connectivity index (χ3v) is 7.16. The summed E-state index contributed by atoms with van der Waals surface area (Å²) >= 11 is 0. The highest BCUT2D eigenvalue weighted by molar-refractivity contribution is 5.87. The van der Waals surface area contributed by atoms with Gasteiger partial charge >= 0.3 is 11.9 Å². The van der Waals surface area contributed by atoms with E-state index in [1.807, 2.05) is 109 Å². The van der Waals surface area contributed by atoms with Gasteiger partial charge in [0.05, 0.1) is 25.7 Å². The van der Waals surface area contributed by atoms with E-state index in [2.05, 4.69) is 0 Å². The van der Waals surface area contributed by atoms with Gasteiger partial charge in [0, 0.05) is 12.0 Å². The molecule has 0 radical (unpaired) electrons. The van der Waals surface area contributed by atoms with Gasteiger partial charge in [0.2, 0.25) is 0 Å². The number of ether oxygens (including phenoxy) is 2. The summed E-state index contributed by atoms with van der Waals surface area (Å²) in [5.41, 5.74) is 3.49. The molecule has 0 aromatic heterocycles. The first-order chi connectivity index (χ1) is 20.1. The minimum Gasteiger partial charge on any atom is -0.469 e. The zero-order valence-corrected chi connectivity index (χ0v) is 21.3. The highest BCUT2D eigenvalue weighted by Crippen LogP contribution is 2.55. The molecule has 5 rings (SSSR count). The lowest BCUT2D eigenvalue weighted by molar-refractivity contribution is -0.161. The van der Waals surface area contributed by atoms with Crippen molar-refractivity contribution in [2.75, 3.05) is 14.2 Å². The molecule has 0 saturated carbocycles. The third-order valence-electron chi connectivity index (χ3n) is 7.16. The SMILES string of the molecule is [2H]C([2H])([2H])[C@]([2H])(C(=O)OC)[C@@H](C(=O)OC)N(Cc1ccccc1)C1(c2ccccc2)c2ccccc2-c2ccccc21. The van der Waals surface area contributed by atoms with Gasteiger partial charge in [-0.2, -0.15) is 0 Å². The molecular formula is C33H31NO4. The molecule has 0 unspecified atom stereocenters. The van der Waals surface area contributed by atoms with Crippen LogP contribution in [-0.2, 0) is 31.1 Å². The van der Waals surface area contributed by atoms with Crippen molar-refractivity contribution in [2.45, 2.75) is 25.0 Å². The molecule has 0 aliphatic heterocycles. The molecule has 1 aliphatic rings. The lowest BCUT2D eigenvalue weighted by atomic mass is 9.76. The summed E-state index contributed by atoms with van der Waals surface area (Å²) < 4.78 is 44.8. The van der Waals surface area contributed by atoms with Crippen LogP contribution in [0.5, 0.6) is 0 Å². The number of hydrogen-bond donors (Lipinski definition) is 0. The molecule has 2 atom stereocenters. The molecule has 0 bridgehead atoms. The standard InChI is InChI=1S/C33H31NO4/c1-23(31(35)37-2)30(32(36)38-3)34(22-24-14-6-4-7-15-24)33(25-16-8-5-9-17-25)28-20-12-10-18-26(28)27-19-11-13-21-29(27)33/h4-21,23,30H,22H2,1-3H3/t23-,30-/m0/s1/i1D3,23D. The van der Waals surface area contributed by atoms with Crippen LogP contribution in [0.2, 0.25) is 0 Å². The number of rotatable bonds is 8. The Morgan fingerprint density at radius 2 is 1.26 bits per heavy atom. The molecule has 5 nitrogen and oxygen atoms in total. The van der Waals surface area contributed by atoms with Crippen LogP contribution in [0.15, 0.2) is 109 Å². The molecular weight excluding hydrogens is 474 g/mol. The second-order valence-electron chi connectivity index (χ2n) is 9.11.